The summed E-state index contributed by atoms with van der Waals surface area (Å²) in [6.45, 7) is 0.587. The van der Waals surface area contributed by atoms with Crippen LogP contribution in [0.4, 0.5) is 15.8 Å². The Bertz CT molecular complexity index is 813. The van der Waals surface area contributed by atoms with Gasteiger partial charge >= 0.3 is 0 Å². The van der Waals surface area contributed by atoms with Gasteiger partial charge in [-0.15, -0.1) is 0 Å². The largest absolute Gasteiger partial charge is 0.397 e. The number of hydrogen-bond donors (Lipinski definition) is 3. The van der Waals surface area contributed by atoms with Gasteiger partial charge in [0.2, 0.25) is 0 Å². The van der Waals surface area contributed by atoms with Crippen molar-refractivity contribution in [3.05, 3.63) is 35.7 Å². The second-order valence-corrected chi connectivity index (χ2v) is 7.19. The van der Waals surface area contributed by atoms with E-state index in [1.807, 2.05) is 0 Å². The van der Waals surface area contributed by atoms with Gasteiger partial charge in [-0.25, -0.2) is 14.4 Å². The van der Waals surface area contributed by atoms with Crippen LogP contribution in [0.25, 0.3) is 11.1 Å². The summed E-state index contributed by atoms with van der Waals surface area (Å²) >= 11 is 0. The molecule has 5 N–H and O–H groups in total. The third-order valence-electron chi connectivity index (χ3n) is 5.44. The van der Waals surface area contributed by atoms with E-state index in [1.165, 1.54) is 18.5 Å². The minimum Gasteiger partial charge on any atom is -0.397 e. The number of nitrogen functional groups attached to an aromatic ring is 2. The maximum Gasteiger partial charge on any atom is 0.159 e. The third kappa shape index (κ3) is 2.81. The van der Waals surface area contributed by atoms with Crippen LogP contribution in [-0.4, -0.2) is 21.7 Å². The number of ether oxygens (including phenoxy) is 1. The lowest BCUT2D eigenvalue weighted by Crippen LogP contribution is -2.24. The van der Waals surface area contributed by atoms with Crippen molar-refractivity contribution >= 4 is 11.4 Å². The molecule has 0 amide bonds. The summed E-state index contributed by atoms with van der Waals surface area (Å²) in [4.78, 5) is 8.60. The summed E-state index contributed by atoms with van der Waals surface area (Å²) in [5.74, 6) is -0.0542. The van der Waals surface area contributed by atoms with E-state index >= 15 is 4.39 Å². The van der Waals surface area contributed by atoms with Gasteiger partial charge in [0.15, 0.2) is 5.82 Å². The van der Waals surface area contributed by atoms with Gasteiger partial charge < -0.3 is 21.3 Å². The van der Waals surface area contributed by atoms with E-state index in [9.17, 15) is 5.11 Å². The van der Waals surface area contributed by atoms with Crippen LogP contribution in [0.15, 0.2) is 18.5 Å². The molecule has 0 bridgehead atoms. The first-order valence-corrected chi connectivity index (χ1v) is 9.04. The van der Waals surface area contributed by atoms with Crippen molar-refractivity contribution in [3.8, 4) is 11.1 Å². The first kappa shape index (κ1) is 17.2. The highest BCUT2D eigenvalue weighted by molar-refractivity contribution is 5.78. The monoisotopic (exact) mass is 358 g/mol. The molecule has 2 aromatic rings. The summed E-state index contributed by atoms with van der Waals surface area (Å²) in [5, 5.41) is 10.6. The van der Waals surface area contributed by atoms with Crippen molar-refractivity contribution in [2.75, 3.05) is 18.1 Å². The molecule has 0 radical (unpaired) electrons. The van der Waals surface area contributed by atoms with Gasteiger partial charge in [-0.1, -0.05) is 0 Å². The maximum absolute atomic E-state index is 15.2. The Balaban J connectivity index is 1.73. The predicted molar refractivity (Wildman–Crippen MR) is 96.5 cm³/mol. The molecule has 1 aromatic carbocycles. The van der Waals surface area contributed by atoms with Crippen LogP contribution in [0, 0.1) is 5.82 Å². The fourth-order valence-corrected chi connectivity index (χ4v) is 3.94. The fraction of sp³-hybridized carbons (Fsp3) is 0.474. The molecule has 1 atom stereocenters. The van der Waals surface area contributed by atoms with Crippen LogP contribution in [0.2, 0.25) is 0 Å². The molecule has 0 unspecified atom stereocenters. The van der Waals surface area contributed by atoms with Crippen molar-refractivity contribution < 1.29 is 14.2 Å². The Hall–Kier alpha value is -2.25. The number of hydrogen-bond acceptors (Lipinski definition) is 6. The van der Waals surface area contributed by atoms with Gasteiger partial charge in [0.05, 0.1) is 17.5 Å². The van der Waals surface area contributed by atoms with Crippen molar-refractivity contribution in [2.45, 2.75) is 50.2 Å². The van der Waals surface area contributed by atoms with Gasteiger partial charge in [0.25, 0.3) is 0 Å². The molecule has 2 heterocycles. The average molecular weight is 358 g/mol. The van der Waals surface area contributed by atoms with Crippen molar-refractivity contribution in [1.82, 2.24) is 9.97 Å². The molecule has 26 heavy (non-hydrogen) atoms. The highest BCUT2D eigenvalue weighted by atomic mass is 19.1. The number of rotatable bonds is 3. The maximum atomic E-state index is 15.2. The number of aliphatic hydroxyl groups is 1. The number of anilines is 2. The van der Waals surface area contributed by atoms with E-state index < -0.39 is 11.4 Å². The number of benzene rings is 1. The molecule has 0 spiro atoms. The second kappa shape index (κ2) is 6.48. The molecule has 7 heteroatoms. The molecule has 138 valence electrons. The first-order chi connectivity index (χ1) is 12.5. The van der Waals surface area contributed by atoms with Crippen LogP contribution in [0.3, 0.4) is 0 Å². The van der Waals surface area contributed by atoms with Crippen LogP contribution in [-0.2, 0) is 10.3 Å². The lowest BCUT2D eigenvalue weighted by atomic mass is 9.96. The van der Waals surface area contributed by atoms with E-state index in [1.54, 1.807) is 0 Å². The summed E-state index contributed by atoms with van der Waals surface area (Å²) in [7, 11) is 0. The minimum absolute atomic E-state index is 0.232. The second-order valence-electron chi connectivity index (χ2n) is 7.19. The Kier molecular flexibility index (Phi) is 4.28. The molecule has 1 aliphatic carbocycles. The predicted octanol–water partition coefficient (Wildman–Crippen LogP) is 3.06. The number of nitrogens with two attached hydrogens (primary N) is 2. The molecular formula is C19H23FN4O2. The zero-order valence-electron chi connectivity index (χ0n) is 14.5. The van der Waals surface area contributed by atoms with Gasteiger partial charge in [0, 0.05) is 35.7 Å². The lowest BCUT2D eigenvalue weighted by molar-refractivity contribution is 0.0351. The molecule has 2 fully saturated rings. The Labute approximate surface area is 151 Å². The van der Waals surface area contributed by atoms with Crippen LogP contribution in [0.5, 0.6) is 0 Å². The summed E-state index contributed by atoms with van der Waals surface area (Å²) in [6.07, 6.45) is 7.48. The standard InChI is InChI=1S/C19H23FN4O2/c20-16-12(8-13(21)17(22)15(16)14-4-3-7-26-14)11-9-23-18(24-10-11)19(25)5-1-2-6-19/h8-10,14,25H,1-7,21-22H2/t14-/m1/s1. The molecule has 4 rings (SSSR count). The van der Waals surface area contributed by atoms with Gasteiger partial charge in [-0.3, -0.25) is 0 Å². The van der Waals surface area contributed by atoms with E-state index in [4.69, 9.17) is 16.2 Å². The van der Waals surface area contributed by atoms with Crippen molar-refractivity contribution in [1.29, 1.82) is 0 Å². The van der Waals surface area contributed by atoms with E-state index in [0.29, 0.717) is 54.1 Å². The smallest absolute Gasteiger partial charge is 0.159 e. The average Bonchev–Trinajstić information content (AvgIpc) is 3.31. The highest BCUT2D eigenvalue weighted by Gasteiger charge is 2.36. The van der Waals surface area contributed by atoms with E-state index in [2.05, 4.69) is 9.97 Å². The summed E-state index contributed by atoms with van der Waals surface area (Å²) < 4.78 is 20.8. The van der Waals surface area contributed by atoms with Gasteiger partial charge in [-0.05, 0) is 44.6 Å². The summed E-state index contributed by atoms with van der Waals surface area (Å²) in [6, 6.07) is 1.51. The quantitative estimate of drug-likeness (QED) is 0.728. The van der Waals surface area contributed by atoms with Crippen molar-refractivity contribution in [3.63, 3.8) is 0 Å². The zero-order valence-corrected chi connectivity index (χ0v) is 14.5. The minimum atomic E-state index is -0.972. The number of aromatic nitrogens is 2. The van der Waals surface area contributed by atoms with Crippen molar-refractivity contribution in [2.24, 2.45) is 0 Å². The Morgan fingerprint density at radius 3 is 2.46 bits per heavy atom. The molecule has 2 aliphatic rings. The molecular weight excluding hydrogens is 335 g/mol. The number of halogens is 1. The fourth-order valence-electron chi connectivity index (χ4n) is 3.94. The molecule has 1 aliphatic heterocycles. The van der Waals surface area contributed by atoms with Crippen LogP contribution in [0.1, 0.15) is 56.0 Å². The normalized spacial score (nSPS) is 22.0. The Morgan fingerprint density at radius 2 is 1.85 bits per heavy atom. The highest BCUT2D eigenvalue weighted by Crippen LogP contribution is 2.41. The molecule has 6 nitrogen and oxygen atoms in total. The first-order valence-electron chi connectivity index (χ1n) is 9.04. The van der Waals surface area contributed by atoms with Gasteiger partial charge in [0.1, 0.15) is 11.4 Å². The van der Waals surface area contributed by atoms with E-state index in [-0.39, 0.29) is 11.8 Å². The topological polar surface area (TPSA) is 107 Å². The Morgan fingerprint density at radius 1 is 1.15 bits per heavy atom. The zero-order chi connectivity index (χ0) is 18.3. The summed E-state index contributed by atoms with van der Waals surface area (Å²) in [5.41, 5.74) is 12.7. The lowest BCUT2D eigenvalue weighted by Gasteiger charge is -2.21. The molecule has 1 saturated heterocycles. The van der Waals surface area contributed by atoms with Gasteiger partial charge in [-0.2, -0.15) is 0 Å². The SMILES string of the molecule is Nc1cc(-c2cnc(C3(O)CCCC3)nc2)c(F)c([C@H]2CCCO2)c1N. The van der Waals surface area contributed by atoms with Crippen LogP contribution < -0.4 is 11.5 Å². The molecule has 1 aromatic heterocycles. The molecule has 1 saturated carbocycles. The van der Waals surface area contributed by atoms with Crippen LogP contribution >= 0.6 is 0 Å². The van der Waals surface area contributed by atoms with E-state index in [0.717, 1.165) is 19.3 Å². The number of nitrogens with zero attached hydrogens (tertiary/aromatic N) is 2. The third-order valence-corrected chi connectivity index (χ3v) is 5.44.